The van der Waals surface area contributed by atoms with Gasteiger partial charge in [0.15, 0.2) is 5.11 Å². The van der Waals surface area contributed by atoms with Crippen LogP contribution < -0.4 is 15.0 Å². The SMILES string of the molecule is COc1ccc(N2C(=S)N[C@H](c3ccccn3)[C@@H]2c2cc(C)n(-c3ccc(Br)cc3)c2C)cc1. The second-order valence-corrected chi connectivity index (χ2v) is 9.64. The summed E-state index contributed by atoms with van der Waals surface area (Å²) >= 11 is 9.42. The Labute approximate surface area is 213 Å². The van der Waals surface area contributed by atoms with E-state index in [0.29, 0.717) is 5.11 Å². The van der Waals surface area contributed by atoms with Crippen molar-refractivity contribution < 1.29 is 4.74 Å². The van der Waals surface area contributed by atoms with Crippen molar-refractivity contribution in [1.29, 1.82) is 0 Å². The van der Waals surface area contributed by atoms with Crippen LogP contribution in [0.5, 0.6) is 5.75 Å². The Balaban J connectivity index is 1.66. The van der Waals surface area contributed by atoms with E-state index in [4.69, 9.17) is 17.0 Å². The number of nitrogens with one attached hydrogen (secondary N) is 1. The molecule has 1 N–H and O–H groups in total. The van der Waals surface area contributed by atoms with E-state index in [0.717, 1.165) is 27.3 Å². The molecule has 1 aliphatic heterocycles. The topological polar surface area (TPSA) is 42.3 Å². The lowest BCUT2D eigenvalue weighted by Crippen LogP contribution is -2.29. The highest BCUT2D eigenvalue weighted by Gasteiger charge is 2.42. The van der Waals surface area contributed by atoms with Crippen molar-refractivity contribution in [3.8, 4) is 11.4 Å². The summed E-state index contributed by atoms with van der Waals surface area (Å²) in [6.45, 7) is 4.32. The third-order valence-corrected chi connectivity index (χ3v) is 7.17. The lowest BCUT2D eigenvalue weighted by atomic mass is 9.96. The van der Waals surface area contributed by atoms with Gasteiger partial charge in [-0.1, -0.05) is 22.0 Å². The number of hydrogen-bond donors (Lipinski definition) is 1. The van der Waals surface area contributed by atoms with Crippen LogP contribution in [-0.2, 0) is 0 Å². The number of thiocarbonyl (C=S) groups is 1. The normalized spacial score (nSPS) is 17.6. The number of rotatable bonds is 5. The maximum Gasteiger partial charge on any atom is 0.174 e. The molecule has 0 aliphatic carbocycles. The van der Waals surface area contributed by atoms with Gasteiger partial charge in [0.1, 0.15) is 5.75 Å². The summed E-state index contributed by atoms with van der Waals surface area (Å²) in [6.07, 6.45) is 1.83. The van der Waals surface area contributed by atoms with E-state index in [1.54, 1.807) is 7.11 Å². The highest BCUT2D eigenvalue weighted by Crippen LogP contribution is 2.44. The maximum atomic E-state index is 5.87. The van der Waals surface area contributed by atoms with Gasteiger partial charge in [0.05, 0.1) is 24.9 Å². The fourth-order valence-electron chi connectivity index (χ4n) is 4.77. The first kappa shape index (κ1) is 22.6. The van der Waals surface area contributed by atoms with Crippen molar-refractivity contribution >= 4 is 38.9 Å². The quantitative estimate of drug-likeness (QED) is 0.299. The van der Waals surface area contributed by atoms with E-state index in [1.165, 1.54) is 17.0 Å². The Kier molecular flexibility index (Phi) is 6.15. The minimum Gasteiger partial charge on any atom is -0.497 e. The summed E-state index contributed by atoms with van der Waals surface area (Å²) < 4.78 is 8.73. The number of ether oxygens (including phenoxy) is 1. The number of nitrogens with zero attached hydrogens (tertiary/aromatic N) is 3. The minimum absolute atomic E-state index is 0.0637. The first-order valence-electron chi connectivity index (χ1n) is 11.1. The summed E-state index contributed by atoms with van der Waals surface area (Å²) in [5.74, 6) is 0.813. The van der Waals surface area contributed by atoms with Crippen molar-refractivity contribution in [2.24, 2.45) is 0 Å². The predicted octanol–water partition coefficient (Wildman–Crippen LogP) is 6.44. The Bertz CT molecular complexity index is 1320. The third kappa shape index (κ3) is 3.99. The molecule has 2 aromatic heterocycles. The number of hydrogen-bond acceptors (Lipinski definition) is 3. The average molecular weight is 533 g/mol. The van der Waals surface area contributed by atoms with Crippen molar-refractivity contribution in [3.63, 3.8) is 0 Å². The van der Waals surface area contributed by atoms with Gasteiger partial charge in [-0.25, -0.2) is 0 Å². The molecule has 1 aliphatic rings. The van der Waals surface area contributed by atoms with Crippen LogP contribution in [0.1, 0.15) is 34.7 Å². The Morgan fingerprint density at radius 2 is 1.68 bits per heavy atom. The lowest BCUT2D eigenvalue weighted by molar-refractivity contribution is 0.415. The molecule has 0 amide bonds. The summed E-state index contributed by atoms with van der Waals surface area (Å²) in [5, 5.41) is 4.23. The summed E-state index contributed by atoms with van der Waals surface area (Å²) in [7, 11) is 1.67. The largest absolute Gasteiger partial charge is 0.497 e. The zero-order valence-electron chi connectivity index (χ0n) is 19.2. The molecule has 0 saturated carbocycles. The van der Waals surface area contributed by atoms with E-state index < -0.39 is 0 Å². The molecule has 7 heteroatoms. The molecule has 3 heterocycles. The molecule has 34 heavy (non-hydrogen) atoms. The lowest BCUT2D eigenvalue weighted by Gasteiger charge is -2.28. The molecule has 1 fully saturated rings. The van der Waals surface area contributed by atoms with Gasteiger partial charge in [0.25, 0.3) is 0 Å². The average Bonchev–Trinajstić information content (AvgIpc) is 3.35. The number of aromatic nitrogens is 2. The molecule has 0 radical (unpaired) electrons. The molecule has 0 bridgehead atoms. The molecule has 2 atom stereocenters. The summed E-state index contributed by atoms with van der Waals surface area (Å²) in [4.78, 5) is 6.87. The van der Waals surface area contributed by atoms with E-state index in [1.807, 2.05) is 30.5 Å². The van der Waals surface area contributed by atoms with Gasteiger partial charge in [-0.2, -0.15) is 0 Å². The van der Waals surface area contributed by atoms with Crippen molar-refractivity contribution in [2.45, 2.75) is 25.9 Å². The van der Waals surface area contributed by atoms with Gasteiger partial charge in [-0.3, -0.25) is 4.98 Å². The minimum atomic E-state index is -0.0883. The van der Waals surface area contributed by atoms with E-state index in [-0.39, 0.29) is 12.1 Å². The Morgan fingerprint density at radius 3 is 2.32 bits per heavy atom. The summed E-state index contributed by atoms with van der Waals surface area (Å²) in [6, 6.07) is 24.6. The molecular weight excluding hydrogens is 508 g/mol. The number of methoxy groups -OCH3 is 1. The molecule has 5 nitrogen and oxygen atoms in total. The van der Waals surface area contributed by atoms with Crippen LogP contribution in [0.4, 0.5) is 5.69 Å². The number of aryl methyl sites for hydroxylation is 1. The smallest absolute Gasteiger partial charge is 0.174 e. The fourth-order valence-corrected chi connectivity index (χ4v) is 5.38. The van der Waals surface area contributed by atoms with Gasteiger partial charge in [0.2, 0.25) is 0 Å². The van der Waals surface area contributed by atoms with Crippen LogP contribution in [0.3, 0.4) is 0 Å². The van der Waals surface area contributed by atoms with Gasteiger partial charge in [-0.05, 0) is 98.4 Å². The molecule has 2 aromatic carbocycles. The highest BCUT2D eigenvalue weighted by atomic mass is 79.9. The van der Waals surface area contributed by atoms with E-state index >= 15 is 0 Å². The maximum absolute atomic E-state index is 5.87. The third-order valence-electron chi connectivity index (χ3n) is 6.32. The number of halogens is 1. The molecule has 1 saturated heterocycles. The Hall–Kier alpha value is -3.16. The first-order valence-corrected chi connectivity index (χ1v) is 12.3. The van der Waals surface area contributed by atoms with Gasteiger partial charge in [0, 0.05) is 33.4 Å². The monoisotopic (exact) mass is 532 g/mol. The number of benzene rings is 2. The van der Waals surface area contributed by atoms with Crippen LogP contribution in [0.2, 0.25) is 0 Å². The zero-order valence-corrected chi connectivity index (χ0v) is 21.6. The number of pyridine rings is 1. The standard InChI is InChI=1S/C27H25BrN4OS/c1-17-16-23(18(2)31(17)20-9-7-19(28)8-10-20)26-25(24-6-4-5-15-29-24)30-27(34)32(26)21-11-13-22(33-3)14-12-21/h4-16,25-26H,1-3H3,(H,30,34)/t25-,26+/m1/s1. The van der Waals surface area contributed by atoms with Crippen LogP contribution in [-0.4, -0.2) is 21.8 Å². The second-order valence-electron chi connectivity index (χ2n) is 8.33. The molecule has 4 aromatic rings. The highest BCUT2D eigenvalue weighted by molar-refractivity contribution is 9.10. The van der Waals surface area contributed by atoms with Crippen LogP contribution in [0, 0.1) is 13.8 Å². The van der Waals surface area contributed by atoms with Crippen LogP contribution in [0.25, 0.3) is 5.69 Å². The van der Waals surface area contributed by atoms with Gasteiger partial charge >= 0.3 is 0 Å². The molecule has 172 valence electrons. The van der Waals surface area contributed by atoms with Crippen molar-refractivity contribution in [1.82, 2.24) is 14.9 Å². The molecule has 0 unspecified atom stereocenters. The van der Waals surface area contributed by atoms with Gasteiger partial charge in [-0.15, -0.1) is 0 Å². The first-order chi connectivity index (χ1) is 16.5. The molecular formula is C27H25BrN4OS. The van der Waals surface area contributed by atoms with E-state index in [9.17, 15) is 0 Å². The van der Waals surface area contributed by atoms with Crippen LogP contribution in [0.15, 0.2) is 83.5 Å². The van der Waals surface area contributed by atoms with Gasteiger partial charge < -0.3 is 19.5 Å². The van der Waals surface area contributed by atoms with E-state index in [2.05, 4.69) is 98.1 Å². The van der Waals surface area contributed by atoms with Crippen LogP contribution >= 0.6 is 28.1 Å². The molecule has 5 rings (SSSR count). The zero-order chi connectivity index (χ0) is 23.8. The fraction of sp³-hybridized carbons (Fsp3) is 0.185. The Morgan fingerprint density at radius 1 is 0.971 bits per heavy atom. The van der Waals surface area contributed by atoms with Crippen molar-refractivity contribution in [3.05, 3.63) is 106 Å². The number of anilines is 1. The van der Waals surface area contributed by atoms with Crippen molar-refractivity contribution in [2.75, 3.05) is 12.0 Å². The summed E-state index contributed by atoms with van der Waals surface area (Å²) in [5.41, 5.74) is 6.65. The second kappa shape index (κ2) is 9.24. The predicted molar refractivity (Wildman–Crippen MR) is 144 cm³/mol. The molecule has 0 spiro atoms.